The van der Waals surface area contributed by atoms with Crippen LogP contribution in [-0.2, 0) is 6.54 Å². The molecule has 13 heavy (non-hydrogen) atoms. The van der Waals surface area contributed by atoms with Gasteiger partial charge in [0.25, 0.3) is 5.82 Å². The highest BCUT2D eigenvalue weighted by Crippen LogP contribution is 2.24. The van der Waals surface area contributed by atoms with Crippen molar-refractivity contribution in [3.05, 3.63) is 11.6 Å². The summed E-state index contributed by atoms with van der Waals surface area (Å²) in [6.07, 6.45) is 2.12. The highest BCUT2D eigenvalue weighted by molar-refractivity contribution is 5.82. The molecule has 1 atom stereocenters. The number of nitrogens with zero attached hydrogens (tertiary/aromatic N) is 3. The number of aromatic nitrogens is 3. The number of fused-ring (bicyclic) bond motifs is 1. The molecule has 1 N–H and O–H groups in total. The zero-order chi connectivity index (χ0) is 9.42. The van der Waals surface area contributed by atoms with Crippen molar-refractivity contribution >= 4 is 5.97 Å². The number of aryl methyl sites for hydroxylation is 1. The number of aromatic carboxylic acids is 1. The molecule has 0 aliphatic carbocycles. The summed E-state index contributed by atoms with van der Waals surface area (Å²) in [5.74, 6) is 0.0100. The van der Waals surface area contributed by atoms with E-state index >= 15 is 0 Å². The lowest BCUT2D eigenvalue weighted by Gasteiger charge is -2.17. The first-order chi connectivity index (χ1) is 6.18. The molecule has 2 rings (SSSR count). The highest BCUT2D eigenvalue weighted by Gasteiger charge is 2.22. The van der Waals surface area contributed by atoms with Gasteiger partial charge in [0.05, 0.1) is 0 Å². The molecule has 1 aliphatic heterocycles. The van der Waals surface area contributed by atoms with Gasteiger partial charge in [0, 0.05) is 12.5 Å². The van der Waals surface area contributed by atoms with Crippen LogP contribution in [0, 0.1) is 0 Å². The van der Waals surface area contributed by atoms with Gasteiger partial charge in [-0.3, -0.25) is 0 Å². The maximum atomic E-state index is 10.6. The summed E-state index contributed by atoms with van der Waals surface area (Å²) >= 11 is 0. The van der Waals surface area contributed by atoms with Crippen LogP contribution in [0.2, 0.25) is 0 Å². The highest BCUT2D eigenvalue weighted by atomic mass is 16.4. The monoisotopic (exact) mass is 181 g/mol. The number of carbonyl (C=O) groups is 1. The molecule has 1 aromatic heterocycles. The molecule has 70 valence electrons. The Labute approximate surface area is 75.4 Å². The third-order valence-corrected chi connectivity index (χ3v) is 2.34. The van der Waals surface area contributed by atoms with Crippen molar-refractivity contribution < 1.29 is 9.90 Å². The Morgan fingerprint density at radius 3 is 3.08 bits per heavy atom. The summed E-state index contributed by atoms with van der Waals surface area (Å²) in [5, 5.41) is 12.6. The van der Waals surface area contributed by atoms with Crippen LogP contribution in [0.3, 0.4) is 0 Å². The van der Waals surface area contributed by atoms with Crippen LogP contribution in [0.4, 0.5) is 0 Å². The number of carboxylic acids is 1. The lowest BCUT2D eigenvalue weighted by molar-refractivity contribution is 0.0683. The predicted molar refractivity (Wildman–Crippen MR) is 44.6 cm³/mol. The van der Waals surface area contributed by atoms with Gasteiger partial charge in [0.2, 0.25) is 0 Å². The molecule has 0 saturated heterocycles. The number of rotatable bonds is 1. The normalized spacial score (nSPS) is 21.2. The van der Waals surface area contributed by atoms with E-state index in [1.165, 1.54) is 0 Å². The molecule has 0 aromatic carbocycles. The number of hydrogen-bond donors (Lipinski definition) is 1. The quantitative estimate of drug-likeness (QED) is 0.698. The Morgan fingerprint density at radius 2 is 2.46 bits per heavy atom. The van der Waals surface area contributed by atoms with Gasteiger partial charge in [-0.2, -0.15) is 0 Å². The standard InChI is InChI=1S/C8H11N3O2/c1-5-3-2-4-11-7(5)9-6(10-11)8(12)13/h5H,2-4H2,1H3,(H,12,13). The second-order valence-electron chi connectivity index (χ2n) is 3.37. The second kappa shape index (κ2) is 2.83. The molecule has 1 aromatic rings. The average Bonchev–Trinajstić information content (AvgIpc) is 2.49. The molecule has 0 spiro atoms. The minimum atomic E-state index is -1.05. The lowest BCUT2D eigenvalue weighted by Crippen LogP contribution is -2.14. The first kappa shape index (κ1) is 8.22. The van der Waals surface area contributed by atoms with Gasteiger partial charge in [-0.15, -0.1) is 5.10 Å². The van der Waals surface area contributed by atoms with E-state index in [0.717, 1.165) is 25.2 Å². The van der Waals surface area contributed by atoms with Crippen molar-refractivity contribution in [2.75, 3.05) is 0 Å². The molecule has 5 nitrogen and oxygen atoms in total. The number of hydrogen-bond acceptors (Lipinski definition) is 3. The summed E-state index contributed by atoms with van der Waals surface area (Å²) in [6, 6.07) is 0. The third-order valence-electron chi connectivity index (χ3n) is 2.34. The minimum Gasteiger partial charge on any atom is -0.475 e. The van der Waals surface area contributed by atoms with Crippen molar-refractivity contribution in [3.63, 3.8) is 0 Å². The molecule has 0 radical (unpaired) electrons. The van der Waals surface area contributed by atoms with Crippen LogP contribution >= 0.6 is 0 Å². The Kier molecular flexibility index (Phi) is 1.79. The van der Waals surface area contributed by atoms with Gasteiger partial charge in [0.15, 0.2) is 0 Å². The lowest BCUT2D eigenvalue weighted by atomic mass is 10.0. The molecule has 5 heteroatoms. The summed E-state index contributed by atoms with van der Waals surface area (Å²) in [4.78, 5) is 14.6. The summed E-state index contributed by atoms with van der Waals surface area (Å²) in [5.41, 5.74) is 0. The van der Waals surface area contributed by atoms with E-state index in [2.05, 4.69) is 10.1 Å². The molecule has 0 amide bonds. The fraction of sp³-hybridized carbons (Fsp3) is 0.625. The van der Waals surface area contributed by atoms with Crippen molar-refractivity contribution in [1.29, 1.82) is 0 Å². The fourth-order valence-electron chi connectivity index (χ4n) is 1.65. The molecular formula is C8H11N3O2. The van der Waals surface area contributed by atoms with Crippen LogP contribution in [0.15, 0.2) is 0 Å². The summed E-state index contributed by atoms with van der Waals surface area (Å²) in [6.45, 7) is 2.84. The summed E-state index contributed by atoms with van der Waals surface area (Å²) < 4.78 is 1.71. The number of carboxylic acid groups (broad SMARTS) is 1. The summed E-state index contributed by atoms with van der Waals surface area (Å²) in [7, 11) is 0. The smallest absolute Gasteiger partial charge is 0.375 e. The first-order valence-corrected chi connectivity index (χ1v) is 4.36. The first-order valence-electron chi connectivity index (χ1n) is 4.36. The van der Waals surface area contributed by atoms with Gasteiger partial charge < -0.3 is 5.11 Å². The largest absolute Gasteiger partial charge is 0.475 e. The minimum absolute atomic E-state index is 0.0799. The van der Waals surface area contributed by atoms with Gasteiger partial charge in [-0.25, -0.2) is 14.5 Å². The van der Waals surface area contributed by atoms with E-state index in [9.17, 15) is 4.79 Å². The molecule has 2 heterocycles. The van der Waals surface area contributed by atoms with Gasteiger partial charge in [0.1, 0.15) is 5.82 Å². The van der Waals surface area contributed by atoms with Crippen molar-refractivity contribution in [2.45, 2.75) is 32.2 Å². The Hall–Kier alpha value is -1.39. The van der Waals surface area contributed by atoms with Crippen LogP contribution in [0.25, 0.3) is 0 Å². The van der Waals surface area contributed by atoms with Crippen LogP contribution in [0.1, 0.15) is 42.1 Å². The maximum Gasteiger partial charge on any atom is 0.375 e. The van der Waals surface area contributed by atoms with Gasteiger partial charge >= 0.3 is 5.97 Å². The van der Waals surface area contributed by atoms with Crippen molar-refractivity contribution in [2.24, 2.45) is 0 Å². The van der Waals surface area contributed by atoms with Crippen LogP contribution in [-0.4, -0.2) is 25.8 Å². The van der Waals surface area contributed by atoms with Crippen molar-refractivity contribution in [1.82, 2.24) is 14.8 Å². The van der Waals surface area contributed by atoms with Crippen LogP contribution < -0.4 is 0 Å². The van der Waals surface area contributed by atoms with Crippen molar-refractivity contribution in [3.8, 4) is 0 Å². The molecule has 0 fully saturated rings. The van der Waals surface area contributed by atoms with E-state index in [1.54, 1.807) is 4.68 Å². The SMILES string of the molecule is CC1CCCn2nc(C(=O)O)nc21. The maximum absolute atomic E-state index is 10.6. The molecular weight excluding hydrogens is 170 g/mol. The molecule has 1 unspecified atom stereocenters. The average molecular weight is 181 g/mol. The Morgan fingerprint density at radius 1 is 1.69 bits per heavy atom. The fourth-order valence-corrected chi connectivity index (χ4v) is 1.65. The topological polar surface area (TPSA) is 68.0 Å². The second-order valence-corrected chi connectivity index (χ2v) is 3.37. The van der Waals surface area contributed by atoms with E-state index < -0.39 is 5.97 Å². The molecule has 0 bridgehead atoms. The van der Waals surface area contributed by atoms with E-state index in [4.69, 9.17) is 5.11 Å². The third kappa shape index (κ3) is 1.30. The molecule has 1 aliphatic rings. The van der Waals surface area contributed by atoms with E-state index in [-0.39, 0.29) is 5.82 Å². The van der Waals surface area contributed by atoms with Gasteiger partial charge in [-0.1, -0.05) is 6.92 Å². The zero-order valence-electron chi connectivity index (χ0n) is 7.40. The van der Waals surface area contributed by atoms with Crippen LogP contribution in [0.5, 0.6) is 0 Å². The Bertz CT molecular complexity index is 345. The van der Waals surface area contributed by atoms with E-state index in [1.807, 2.05) is 6.92 Å². The van der Waals surface area contributed by atoms with Gasteiger partial charge in [-0.05, 0) is 12.8 Å². The molecule has 0 saturated carbocycles. The van der Waals surface area contributed by atoms with E-state index in [0.29, 0.717) is 5.92 Å². The Balaban J connectivity index is 2.42. The predicted octanol–water partition coefficient (Wildman–Crippen LogP) is 0.874. The zero-order valence-corrected chi connectivity index (χ0v) is 7.40.